The van der Waals surface area contributed by atoms with Gasteiger partial charge in [0.2, 0.25) is 0 Å². The van der Waals surface area contributed by atoms with Gasteiger partial charge in [-0.2, -0.15) is 26.3 Å². The molecule has 0 aliphatic rings. The first kappa shape index (κ1) is 25.4. The topological polar surface area (TPSA) is 78.9 Å². The fraction of sp³-hybridized carbons (Fsp3) is 0.200. The van der Waals surface area contributed by atoms with Gasteiger partial charge in [0, 0.05) is 6.07 Å². The minimum Gasteiger partial charge on any atom is -0.356 e. The molecule has 0 aliphatic carbocycles. The molecule has 1 aromatic carbocycles. The lowest BCUT2D eigenvalue weighted by molar-refractivity contribution is -0.143. The predicted octanol–water partition coefficient (Wildman–Crippen LogP) is 6.39. The number of alkyl halides is 6. The number of pyridine rings is 1. The highest BCUT2D eigenvalue weighted by Crippen LogP contribution is 2.37. The summed E-state index contributed by atoms with van der Waals surface area (Å²) in [6, 6.07) is 5.04. The largest absolute Gasteiger partial charge is 0.485 e. The highest BCUT2D eigenvalue weighted by atomic mass is 32.2. The van der Waals surface area contributed by atoms with Crippen molar-refractivity contribution in [2.75, 3.05) is 10.6 Å². The summed E-state index contributed by atoms with van der Waals surface area (Å²) in [5.74, 6) is 0.259. The summed E-state index contributed by atoms with van der Waals surface area (Å²) in [6.45, 7) is 1.38. The second-order valence-electron chi connectivity index (χ2n) is 6.90. The van der Waals surface area contributed by atoms with Crippen LogP contribution in [0.3, 0.4) is 0 Å². The van der Waals surface area contributed by atoms with Crippen LogP contribution < -0.4 is 16.0 Å². The molecule has 0 bridgehead atoms. The molecular formula is C20H16F6N5OS2+. The quantitative estimate of drug-likeness (QED) is 0.206. The monoisotopic (exact) mass is 520 g/mol. The van der Waals surface area contributed by atoms with E-state index in [1.807, 2.05) is 0 Å². The fourth-order valence-corrected chi connectivity index (χ4v) is 3.94. The first-order valence-corrected chi connectivity index (χ1v) is 11.1. The highest BCUT2D eigenvalue weighted by Gasteiger charge is 2.37. The lowest BCUT2D eigenvalue weighted by Gasteiger charge is -2.20. The molecule has 14 heteroatoms. The maximum atomic E-state index is 13.1. The zero-order chi connectivity index (χ0) is 25.1. The number of nitrogens with zero attached hydrogens (tertiary/aromatic N) is 2. The van der Waals surface area contributed by atoms with Gasteiger partial charge in [0.25, 0.3) is 0 Å². The number of hydrogen-bond acceptors (Lipinski definition) is 4. The van der Waals surface area contributed by atoms with E-state index in [1.165, 1.54) is 31.5 Å². The van der Waals surface area contributed by atoms with E-state index >= 15 is 0 Å². The van der Waals surface area contributed by atoms with Gasteiger partial charge < -0.3 is 10.6 Å². The van der Waals surface area contributed by atoms with Crippen LogP contribution in [0.5, 0.6) is 0 Å². The molecule has 2 atom stereocenters. The van der Waals surface area contributed by atoms with Crippen molar-refractivity contribution in [2.24, 2.45) is 0 Å². The molecule has 0 saturated carbocycles. The Morgan fingerprint density at radius 2 is 1.68 bits per heavy atom. The normalized spacial score (nSPS) is 13.2. The molecule has 3 N–H and O–H groups in total. The van der Waals surface area contributed by atoms with Crippen LogP contribution in [-0.4, -0.2) is 19.7 Å². The van der Waals surface area contributed by atoms with E-state index in [-0.39, 0.29) is 27.8 Å². The van der Waals surface area contributed by atoms with Gasteiger partial charge in [-0.05, 0) is 59.4 Å². The number of carbonyl (C=O) groups is 1. The second kappa shape index (κ2) is 9.93. The number of amides is 1. The number of rotatable bonds is 5. The van der Waals surface area contributed by atoms with E-state index < -0.39 is 40.2 Å². The Hall–Kier alpha value is -3.26. The van der Waals surface area contributed by atoms with Gasteiger partial charge in [-0.25, -0.2) is 9.78 Å². The Morgan fingerprint density at radius 1 is 1.03 bits per heavy atom. The number of thiocarbonyl (C=S) groups is 1. The van der Waals surface area contributed by atoms with Crippen molar-refractivity contribution in [2.45, 2.75) is 25.3 Å². The third kappa shape index (κ3) is 6.63. The Bertz CT molecular complexity index is 1130. The minimum atomic E-state index is -4.95. The summed E-state index contributed by atoms with van der Waals surface area (Å²) < 4.78 is 82.5. The highest BCUT2D eigenvalue weighted by molar-refractivity contribution is 7.80. The van der Waals surface area contributed by atoms with Crippen LogP contribution in [0, 0.1) is 0 Å². The molecule has 3 rings (SSSR count). The van der Waals surface area contributed by atoms with Crippen LogP contribution in [0.15, 0.2) is 54.2 Å². The number of carbonyl (C=O) groups excluding carboxylic acids is 1. The van der Waals surface area contributed by atoms with Crippen LogP contribution in [0.25, 0.3) is 0 Å². The molecule has 0 spiro atoms. The second-order valence-corrected chi connectivity index (χ2v) is 8.79. The van der Waals surface area contributed by atoms with Gasteiger partial charge >= 0.3 is 17.6 Å². The van der Waals surface area contributed by atoms with Gasteiger partial charge in [-0.1, -0.05) is 0 Å². The van der Waals surface area contributed by atoms with Crippen LogP contribution >= 0.6 is 22.9 Å². The molecule has 6 nitrogen and oxygen atoms in total. The average Bonchev–Trinajstić information content (AvgIpc) is 3.28. The molecule has 1 amide bonds. The molecular weight excluding hydrogens is 504 g/mol. The molecule has 3 aromatic rings. The summed E-state index contributed by atoms with van der Waals surface area (Å²) >= 11 is 5.11. The van der Waals surface area contributed by atoms with Crippen molar-refractivity contribution in [3.8, 4) is 0 Å². The Balaban J connectivity index is 1.66. The molecule has 0 aliphatic heterocycles. The number of hydrogen-bond donors (Lipinski definition) is 3. The molecule has 1 unspecified atom stereocenters. The van der Waals surface area contributed by atoms with Crippen LogP contribution in [-0.2, 0) is 12.4 Å². The number of anilines is 2. The number of nitrogens with one attached hydrogen (secondary N) is 3. The fourth-order valence-electron chi connectivity index (χ4n) is 2.73. The molecule has 0 saturated heterocycles. The van der Waals surface area contributed by atoms with Crippen LogP contribution in [0.4, 0.5) is 42.6 Å². The summed E-state index contributed by atoms with van der Waals surface area (Å²) in [5.41, 5.74) is -2.69. The first-order valence-electron chi connectivity index (χ1n) is 9.41. The van der Waals surface area contributed by atoms with E-state index in [9.17, 15) is 31.1 Å². The van der Waals surface area contributed by atoms with Crippen LogP contribution in [0.1, 0.15) is 29.7 Å². The van der Waals surface area contributed by atoms with E-state index in [1.54, 1.807) is 11.4 Å². The lowest BCUT2D eigenvalue weighted by atomic mass is 10.0. The molecule has 0 fully saturated rings. The van der Waals surface area contributed by atoms with Crippen molar-refractivity contribution >= 4 is 44.7 Å². The Kier molecular flexibility index (Phi) is 7.41. The predicted molar refractivity (Wildman–Crippen MR) is 120 cm³/mol. The van der Waals surface area contributed by atoms with E-state index in [0.717, 1.165) is 0 Å². The third-order valence-electron chi connectivity index (χ3n) is 4.37. The Labute approximate surface area is 197 Å². The summed E-state index contributed by atoms with van der Waals surface area (Å²) in [4.78, 5) is 16.1. The molecule has 2 aromatic heterocycles. The van der Waals surface area contributed by atoms with E-state index in [4.69, 9.17) is 12.2 Å². The minimum absolute atomic E-state index is 0.0519. The average molecular weight is 521 g/mol. The van der Waals surface area contributed by atoms with Gasteiger partial charge in [0.05, 0.1) is 35.2 Å². The SMILES string of the molecule is C[C@H](NC(=S)Nc1ccc(NC(=O)[s+]2cccn2)nc1)c1cc(C(F)(F)F)cc(C(F)(F)F)c1. The smallest absolute Gasteiger partial charge is 0.356 e. The van der Waals surface area contributed by atoms with Gasteiger partial charge in [0.15, 0.2) is 21.2 Å². The maximum Gasteiger partial charge on any atom is 0.485 e. The van der Waals surface area contributed by atoms with Crippen molar-refractivity contribution in [3.05, 3.63) is 70.9 Å². The molecule has 34 heavy (non-hydrogen) atoms. The van der Waals surface area contributed by atoms with E-state index in [0.29, 0.717) is 17.8 Å². The Morgan fingerprint density at radius 3 is 2.18 bits per heavy atom. The number of benzene rings is 1. The van der Waals surface area contributed by atoms with Crippen LogP contribution in [0.2, 0.25) is 0 Å². The maximum absolute atomic E-state index is 13.1. The number of halogens is 6. The number of aromatic nitrogens is 2. The summed E-state index contributed by atoms with van der Waals surface area (Å²) in [5, 5.41) is 9.22. The van der Waals surface area contributed by atoms with Crippen molar-refractivity contribution < 1.29 is 31.1 Å². The summed E-state index contributed by atoms with van der Waals surface area (Å²) in [7, 11) is -0.915. The first-order chi connectivity index (χ1) is 15.8. The van der Waals surface area contributed by atoms with Gasteiger partial charge in [-0.3, -0.25) is 5.32 Å². The third-order valence-corrected chi connectivity index (χ3v) is 5.83. The van der Waals surface area contributed by atoms with Crippen molar-refractivity contribution in [1.82, 2.24) is 14.7 Å². The summed E-state index contributed by atoms with van der Waals surface area (Å²) in [6.07, 6.45) is -7.03. The molecule has 0 radical (unpaired) electrons. The lowest BCUT2D eigenvalue weighted by Crippen LogP contribution is -2.31. The van der Waals surface area contributed by atoms with Crippen molar-refractivity contribution in [1.29, 1.82) is 0 Å². The zero-order valence-corrected chi connectivity index (χ0v) is 18.8. The van der Waals surface area contributed by atoms with E-state index in [2.05, 4.69) is 25.3 Å². The standard InChI is InChI=1S/C20H15F6N5OS2/c1-11(12-7-13(19(21,22)23)9-14(8-12)20(24,25)26)29-17(33)30-15-3-4-16(27-10-15)31-18(32)34-6-2-5-28-34/h2-11H,1H3,(H2-,27,29,30,31,32,33)/p+1/t11-,34?/m0/s1. The van der Waals surface area contributed by atoms with Crippen molar-refractivity contribution in [3.63, 3.8) is 0 Å². The molecule has 180 valence electrons. The zero-order valence-electron chi connectivity index (χ0n) is 17.2. The van der Waals surface area contributed by atoms with Gasteiger partial charge in [-0.15, -0.1) is 0 Å². The van der Waals surface area contributed by atoms with Gasteiger partial charge in [0.1, 0.15) is 5.82 Å². The molecule has 2 heterocycles.